The van der Waals surface area contributed by atoms with E-state index in [0.29, 0.717) is 18.7 Å². The maximum absolute atomic E-state index is 12.1. The Labute approximate surface area is 127 Å². The second kappa shape index (κ2) is 9.01. The number of piperazine rings is 1. The molecular formula is C16H30F2N2O. The van der Waals surface area contributed by atoms with Crippen molar-refractivity contribution in [2.45, 2.75) is 64.0 Å². The zero-order chi connectivity index (χ0) is 15.1. The summed E-state index contributed by atoms with van der Waals surface area (Å²) in [4.78, 5) is 2.45. The van der Waals surface area contributed by atoms with Crippen molar-refractivity contribution in [1.29, 1.82) is 0 Å². The van der Waals surface area contributed by atoms with Crippen LogP contribution in [0, 0.1) is 5.92 Å². The van der Waals surface area contributed by atoms with Crippen LogP contribution in [0.4, 0.5) is 8.78 Å². The van der Waals surface area contributed by atoms with E-state index in [2.05, 4.69) is 17.1 Å². The molecule has 5 heteroatoms. The van der Waals surface area contributed by atoms with Gasteiger partial charge in [0.2, 0.25) is 0 Å². The van der Waals surface area contributed by atoms with Crippen LogP contribution in [-0.4, -0.2) is 56.3 Å². The smallest absolute Gasteiger partial charge is 0.261 e. The van der Waals surface area contributed by atoms with E-state index >= 15 is 0 Å². The fraction of sp³-hybridized carbons (Fsp3) is 1.00. The Morgan fingerprint density at radius 2 is 2.00 bits per heavy atom. The third-order valence-corrected chi connectivity index (χ3v) is 5.02. The molecule has 1 aliphatic carbocycles. The van der Waals surface area contributed by atoms with E-state index in [1.54, 1.807) is 0 Å². The zero-order valence-corrected chi connectivity index (χ0v) is 13.2. The number of rotatable bonds is 7. The quantitative estimate of drug-likeness (QED) is 0.732. The van der Waals surface area contributed by atoms with Gasteiger partial charge in [-0.05, 0) is 25.2 Å². The highest BCUT2D eigenvalue weighted by Crippen LogP contribution is 2.28. The van der Waals surface area contributed by atoms with E-state index in [1.165, 1.54) is 32.1 Å². The zero-order valence-electron chi connectivity index (χ0n) is 13.2. The first-order valence-corrected chi connectivity index (χ1v) is 8.54. The van der Waals surface area contributed by atoms with Gasteiger partial charge in [0.1, 0.15) is 6.61 Å². The Hall–Kier alpha value is -0.260. The molecule has 124 valence electrons. The van der Waals surface area contributed by atoms with Crippen LogP contribution < -0.4 is 5.32 Å². The average Bonchev–Trinajstić information content (AvgIpc) is 2.52. The van der Waals surface area contributed by atoms with Gasteiger partial charge in [-0.2, -0.15) is 0 Å². The molecule has 0 aromatic carbocycles. The fourth-order valence-electron chi connectivity index (χ4n) is 3.77. The first kappa shape index (κ1) is 17.1. The summed E-state index contributed by atoms with van der Waals surface area (Å²) < 4.78 is 29.3. The SMILES string of the molecule is CCC1CNC(C2CCCCC2)CN1CCOCC(F)F. The van der Waals surface area contributed by atoms with Gasteiger partial charge >= 0.3 is 0 Å². The molecule has 2 fully saturated rings. The van der Waals surface area contributed by atoms with Crippen LogP contribution in [0.25, 0.3) is 0 Å². The summed E-state index contributed by atoms with van der Waals surface area (Å²) in [5.41, 5.74) is 0. The monoisotopic (exact) mass is 304 g/mol. The minimum absolute atomic E-state index is 0.415. The predicted molar refractivity (Wildman–Crippen MR) is 80.8 cm³/mol. The highest BCUT2D eigenvalue weighted by Gasteiger charge is 2.31. The number of halogens is 2. The third-order valence-electron chi connectivity index (χ3n) is 5.02. The molecule has 2 aliphatic rings. The number of alkyl halides is 2. The normalized spacial score (nSPS) is 29.1. The topological polar surface area (TPSA) is 24.5 Å². The predicted octanol–water partition coefficient (Wildman–Crippen LogP) is 2.90. The van der Waals surface area contributed by atoms with Gasteiger partial charge in [0, 0.05) is 31.7 Å². The largest absolute Gasteiger partial charge is 0.374 e. The van der Waals surface area contributed by atoms with Crippen molar-refractivity contribution in [2.24, 2.45) is 5.92 Å². The molecule has 0 aromatic heterocycles. The van der Waals surface area contributed by atoms with Crippen LogP contribution in [0.3, 0.4) is 0 Å². The molecule has 0 amide bonds. The Morgan fingerprint density at radius 3 is 2.67 bits per heavy atom. The summed E-state index contributed by atoms with van der Waals surface area (Å²) in [6.45, 7) is 5.01. The van der Waals surface area contributed by atoms with Crippen molar-refractivity contribution in [3.63, 3.8) is 0 Å². The van der Waals surface area contributed by atoms with Crippen molar-refractivity contribution in [2.75, 3.05) is 32.8 Å². The lowest BCUT2D eigenvalue weighted by atomic mass is 9.82. The van der Waals surface area contributed by atoms with Gasteiger partial charge in [-0.15, -0.1) is 0 Å². The number of nitrogens with one attached hydrogen (secondary N) is 1. The summed E-state index contributed by atoms with van der Waals surface area (Å²) in [6, 6.07) is 1.09. The summed E-state index contributed by atoms with van der Waals surface area (Å²) in [5.74, 6) is 0.793. The fourth-order valence-corrected chi connectivity index (χ4v) is 3.77. The maximum Gasteiger partial charge on any atom is 0.261 e. The van der Waals surface area contributed by atoms with E-state index in [-0.39, 0.29) is 0 Å². The van der Waals surface area contributed by atoms with Gasteiger partial charge in [-0.25, -0.2) is 8.78 Å². The highest BCUT2D eigenvalue weighted by atomic mass is 19.3. The van der Waals surface area contributed by atoms with Crippen molar-refractivity contribution in [3.8, 4) is 0 Å². The van der Waals surface area contributed by atoms with E-state index < -0.39 is 13.0 Å². The van der Waals surface area contributed by atoms with Crippen molar-refractivity contribution in [1.82, 2.24) is 10.2 Å². The molecule has 3 nitrogen and oxygen atoms in total. The lowest BCUT2D eigenvalue weighted by molar-refractivity contribution is -0.00159. The Morgan fingerprint density at radius 1 is 1.24 bits per heavy atom. The molecule has 0 bridgehead atoms. The van der Waals surface area contributed by atoms with E-state index in [1.807, 2.05) is 0 Å². The maximum atomic E-state index is 12.1. The molecule has 0 radical (unpaired) electrons. The van der Waals surface area contributed by atoms with Gasteiger partial charge in [-0.3, -0.25) is 4.90 Å². The summed E-state index contributed by atoms with van der Waals surface area (Å²) in [6.07, 6.45) is 5.51. The van der Waals surface area contributed by atoms with Gasteiger partial charge in [0.05, 0.1) is 6.61 Å². The number of hydrogen-bond donors (Lipinski definition) is 1. The summed E-state index contributed by atoms with van der Waals surface area (Å²) >= 11 is 0. The van der Waals surface area contributed by atoms with Crippen LogP contribution in [0.5, 0.6) is 0 Å². The second-order valence-electron chi connectivity index (χ2n) is 6.44. The van der Waals surface area contributed by atoms with Crippen molar-refractivity contribution in [3.05, 3.63) is 0 Å². The van der Waals surface area contributed by atoms with E-state index in [4.69, 9.17) is 4.74 Å². The van der Waals surface area contributed by atoms with Crippen LogP contribution in [-0.2, 0) is 4.74 Å². The molecule has 0 spiro atoms. The molecule has 0 aromatic rings. The van der Waals surface area contributed by atoms with Crippen molar-refractivity contribution >= 4 is 0 Å². The van der Waals surface area contributed by atoms with Crippen LogP contribution in [0.2, 0.25) is 0 Å². The number of hydrogen-bond acceptors (Lipinski definition) is 3. The molecule has 2 atom stereocenters. The van der Waals surface area contributed by atoms with Gasteiger partial charge in [0.15, 0.2) is 0 Å². The van der Waals surface area contributed by atoms with Gasteiger partial charge in [0.25, 0.3) is 6.43 Å². The highest BCUT2D eigenvalue weighted by molar-refractivity contribution is 4.90. The van der Waals surface area contributed by atoms with E-state index in [0.717, 1.165) is 32.0 Å². The average molecular weight is 304 g/mol. The Balaban J connectivity index is 1.77. The standard InChI is InChI=1S/C16H30F2N2O/c1-2-14-10-19-15(13-6-4-3-5-7-13)11-20(14)8-9-21-12-16(17)18/h13-16,19H,2-12H2,1H3. The Bertz CT molecular complexity index is 285. The van der Waals surface area contributed by atoms with Gasteiger partial charge < -0.3 is 10.1 Å². The number of ether oxygens (including phenoxy) is 1. The lowest BCUT2D eigenvalue weighted by Gasteiger charge is -2.43. The van der Waals surface area contributed by atoms with Crippen LogP contribution >= 0.6 is 0 Å². The minimum Gasteiger partial charge on any atom is -0.374 e. The van der Waals surface area contributed by atoms with Crippen molar-refractivity contribution < 1.29 is 13.5 Å². The molecule has 1 saturated heterocycles. The van der Waals surface area contributed by atoms with Crippen LogP contribution in [0.15, 0.2) is 0 Å². The number of nitrogens with zero attached hydrogens (tertiary/aromatic N) is 1. The lowest BCUT2D eigenvalue weighted by Crippen LogP contribution is -2.59. The second-order valence-corrected chi connectivity index (χ2v) is 6.44. The minimum atomic E-state index is -2.36. The Kier molecular flexibility index (Phi) is 7.34. The van der Waals surface area contributed by atoms with Crippen LogP contribution in [0.1, 0.15) is 45.4 Å². The first-order valence-electron chi connectivity index (χ1n) is 8.54. The van der Waals surface area contributed by atoms with E-state index in [9.17, 15) is 8.78 Å². The third kappa shape index (κ3) is 5.46. The molecule has 1 N–H and O–H groups in total. The molecule has 21 heavy (non-hydrogen) atoms. The molecule has 2 unspecified atom stereocenters. The summed E-state index contributed by atoms with van der Waals surface area (Å²) in [5, 5.41) is 3.73. The molecule has 1 saturated carbocycles. The van der Waals surface area contributed by atoms with Gasteiger partial charge in [-0.1, -0.05) is 26.2 Å². The molecule has 1 aliphatic heterocycles. The first-order chi connectivity index (χ1) is 10.2. The molecule has 1 heterocycles. The molecular weight excluding hydrogens is 274 g/mol. The summed E-state index contributed by atoms with van der Waals surface area (Å²) in [7, 11) is 0. The molecule has 2 rings (SSSR count).